The number of likely N-dealkylation sites (N-methyl/N-ethyl adjacent to an activating group) is 1. The molecule has 1 aromatic heterocycles. The van der Waals surface area contributed by atoms with E-state index in [-0.39, 0.29) is 11.8 Å². The van der Waals surface area contributed by atoms with Gasteiger partial charge in [-0.2, -0.15) is 0 Å². The number of carbonyl (C=O) groups excluding carboxylic acids is 2. The molecular formula is C34H48N8O4. The third-order valence-corrected chi connectivity index (χ3v) is 8.46. The Hall–Kier alpha value is -4.00. The molecule has 0 radical (unpaired) electrons. The lowest BCUT2D eigenvalue weighted by Crippen LogP contribution is -2.45. The Balaban J connectivity index is 1.25. The van der Waals surface area contributed by atoms with E-state index >= 15 is 0 Å². The van der Waals surface area contributed by atoms with Crippen molar-refractivity contribution in [2.45, 2.75) is 52.4 Å². The molecular weight excluding hydrogens is 584 g/mol. The summed E-state index contributed by atoms with van der Waals surface area (Å²) in [5, 5.41) is 14.6. The smallest absolute Gasteiger partial charge is 0.255 e. The highest BCUT2D eigenvalue weighted by molar-refractivity contribution is 5.99. The Morgan fingerprint density at radius 3 is 2.67 bits per heavy atom. The molecule has 1 saturated heterocycles. The fourth-order valence-electron chi connectivity index (χ4n) is 5.69. The minimum absolute atomic E-state index is 0.227. The normalized spacial score (nSPS) is 19.9. The lowest BCUT2D eigenvalue weighted by atomic mass is 10.1. The average molecular weight is 633 g/mol. The van der Waals surface area contributed by atoms with Crippen LogP contribution in [0.4, 0.5) is 0 Å². The molecule has 2 aromatic carbocycles. The number of nitrogens with zero attached hydrogens (tertiary/aromatic N) is 6. The quantitative estimate of drug-likeness (QED) is 0.422. The number of amides is 2. The first-order valence-electron chi connectivity index (χ1n) is 16.4. The van der Waals surface area contributed by atoms with Gasteiger partial charge >= 0.3 is 0 Å². The highest BCUT2D eigenvalue weighted by atomic mass is 16.5. The second-order valence-electron chi connectivity index (χ2n) is 12.3. The van der Waals surface area contributed by atoms with Crippen LogP contribution in [-0.4, -0.2) is 114 Å². The van der Waals surface area contributed by atoms with Crippen molar-refractivity contribution in [1.82, 2.24) is 40.3 Å². The Morgan fingerprint density at radius 1 is 1.00 bits per heavy atom. The molecule has 0 aliphatic carbocycles. The van der Waals surface area contributed by atoms with Crippen LogP contribution in [0, 0.1) is 6.92 Å². The summed E-state index contributed by atoms with van der Waals surface area (Å²) < 4.78 is 14.2. The number of carbonyl (C=O) groups is 2. The summed E-state index contributed by atoms with van der Waals surface area (Å²) in [6.07, 6.45) is 3.40. The van der Waals surface area contributed by atoms with Gasteiger partial charge in [-0.05, 0) is 51.1 Å². The highest BCUT2D eigenvalue weighted by Crippen LogP contribution is 2.22. The number of piperazine rings is 1. The van der Waals surface area contributed by atoms with Crippen molar-refractivity contribution in [2.24, 2.45) is 0 Å². The number of hydrogen-bond acceptors (Lipinski definition) is 9. The van der Waals surface area contributed by atoms with Crippen LogP contribution < -0.4 is 20.1 Å². The minimum atomic E-state index is -0.691. The highest BCUT2D eigenvalue weighted by Gasteiger charge is 2.20. The number of aryl methyl sites for hydroxylation is 2. The number of ether oxygens (including phenoxy) is 2. The van der Waals surface area contributed by atoms with Gasteiger partial charge in [-0.1, -0.05) is 29.5 Å². The van der Waals surface area contributed by atoms with Crippen molar-refractivity contribution in [3.63, 3.8) is 0 Å². The van der Waals surface area contributed by atoms with Crippen LogP contribution in [0.25, 0.3) is 0 Å². The van der Waals surface area contributed by atoms with Gasteiger partial charge < -0.3 is 25.0 Å². The van der Waals surface area contributed by atoms with E-state index in [1.165, 1.54) is 0 Å². The summed E-state index contributed by atoms with van der Waals surface area (Å²) in [6, 6.07) is 13.0. The third kappa shape index (κ3) is 9.75. The van der Waals surface area contributed by atoms with Gasteiger partial charge in [0, 0.05) is 83.6 Å². The summed E-state index contributed by atoms with van der Waals surface area (Å²) in [5.74, 6) is 0.827. The molecule has 2 N–H and O–H groups in total. The van der Waals surface area contributed by atoms with Crippen molar-refractivity contribution in [3.05, 3.63) is 71.0 Å². The van der Waals surface area contributed by atoms with Crippen LogP contribution >= 0.6 is 0 Å². The number of benzene rings is 2. The van der Waals surface area contributed by atoms with Gasteiger partial charge in [-0.3, -0.25) is 24.1 Å². The number of nitrogens with one attached hydrogen (secondary N) is 2. The van der Waals surface area contributed by atoms with Gasteiger partial charge in [0.25, 0.3) is 5.91 Å². The molecule has 248 valence electrons. The fourth-order valence-corrected chi connectivity index (χ4v) is 5.69. The minimum Gasteiger partial charge on any atom is -0.493 e. The Labute approximate surface area is 272 Å². The van der Waals surface area contributed by atoms with Crippen LogP contribution in [-0.2, 0) is 24.4 Å². The van der Waals surface area contributed by atoms with Crippen molar-refractivity contribution >= 4 is 11.8 Å². The third-order valence-electron chi connectivity index (χ3n) is 8.46. The van der Waals surface area contributed by atoms with E-state index < -0.39 is 6.04 Å². The first kappa shape index (κ1) is 33.4. The number of aromatic nitrogens is 3. The molecule has 0 saturated carbocycles. The Kier molecular flexibility index (Phi) is 12.0. The maximum atomic E-state index is 13.1. The predicted molar refractivity (Wildman–Crippen MR) is 176 cm³/mol. The zero-order valence-corrected chi connectivity index (χ0v) is 27.4. The molecule has 2 amide bonds. The summed E-state index contributed by atoms with van der Waals surface area (Å²) in [6.45, 7) is 13.0. The molecule has 2 aliphatic rings. The fraction of sp³-hybridized carbons (Fsp3) is 0.529. The molecule has 2 bridgehead atoms. The van der Waals surface area contributed by atoms with Crippen LogP contribution in [0.2, 0.25) is 0 Å². The topological polar surface area (TPSA) is 117 Å². The van der Waals surface area contributed by atoms with Crippen LogP contribution in [0.1, 0.15) is 46.9 Å². The van der Waals surface area contributed by atoms with E-state index in [4.69, 9.17) is 9.47 Å². The SMILES string of the molecule is Cc1ccc2c(c1)OCCCn1cc(nn1)CN(Cc1ccccc1OCCN1CCN(C)CC1)CCCNC(=O)[C@@H](C)NC2=O. The van der Waals surface area contributed by atoms with Gasteiger partial charge in [0.15, 0.2) is 0 Å². The summed E-state index contributed by atoms with van der Waals surface area (Å²) in [7, 11) is 2.17. The second kappa shape index (κ2) is 16.5. The molecule has 0 spiro atoms. The number of rotatable bonds is 6. The van der Waals surface area contributed by atoms with E-state index in [1.54, 1.807) is 13.0 Å². The maximum absolute atomic E-state index is 13.1. The summed E-state index contributed by atoms with van der Waals surface area (Å²) in [5.41, 5.74) is 3.38. The summed E-state index contributed by atoms with van der Waals surface area (Å²) in [4.78, 5) is 33.1. The van der Waals surface area contributed by atoms with Crippen LogP contribution in [0.3, 0.4) is 0 Å². The largest absolute Gasteiger partial charge is 0.493 e. The van der Waals surface area contributed by atoms with Gasteiger partial charge in [-0.25, -0.2) is 0 Å². The van der Waals surface area contributed by atoms with E-state index in [0.29, 0.717) is 57.1 Å². The van der Waals surface area contributed by atoms with Gasteiger partial charge in [-0.15, -0.1) is 5.10 Å². The van der Waals surface area contributed by atoms with Gasteiger partial charge in [0.05, 0.1) is 17.9 Å². The molecule has 12 nitrogen and oxygen atoms in total. The van der Waals surface area contributed by atoms with Gasteiger partial charge in [0.2, 0.25) is 5.91 Å². The number of fused-ring (bicyclic) bond motifs is 3. The molecule has 3 aromatic rings. The number of hydrogen-bond donors (Lipinski definition) is 2. The molecule has 0 unspecified atom stereocenters. The van der Waals surface area contributed by atoms with E-state index in [0.717, 1.165) is 68.3 Å². The zero-order valence-electron chi connectivity index (χ0n) is 27.4. The first-order chi connectivity index (χ1) is 22.3. The molecule has 12 heteroatoms. The predicted octanol–water partition coefficient (Wildman–Crippen LogP) is 2.32. The Morgan fingerprint density at radius 2 is 1.83 bits per heavy atom. The standard InChI is InChI=1S/C34H48N8O4/c1-26-10-11-30-32(22-26)45-20-7-14-42-25-29(37-38-42)24-41(13-6-12-35-33(43)27(2)36-34(30)44)23-28-8-4-5-9-31(28)46-21-19-40-17-15-39(3)16-18-40/h4-5,8-11,22,25,27H,6-7,12-21,23-24H2,1-3H3,(H,35,43)(H,36,44)/t27-/m1/s1. The van der Waals surface area contributed by atoms with Crippen molar-refractivity contribution in [3.8, 4) is 11.5 Å². The molecule has 5 rings (SSSR count). The van der Waals surface area contributed by atoms with E-state index in [1.807, 2.05) is 48.1 Å². The molecule has 1 atom stereocenters. The monoisotopic (exact) mass is 632 g/mol. The van der Waals surface area contributed by atoms with Gasteiger partial charge in [0.1, 0.15) is 24.1 Å². The van der Waals surface area contributed by atoms with E-state index in [9.17, 15) is 9.59 Å². The molecule has 3 heterocycles. The maximum Gasteiger partial charge on any atom is 0.255 e. The zero-order chi connectivity index (χ0) is 32.3. The van der Waals surface area contributed by atoms with Crippen molar-refractivity contribution in [1.29, 1.82) is 0 Å². The van der Waals surface area contributed by atoms with Crippen molar-refractivity contribution < 1.29 is 19.1 Å². The van der Waals surface area contributed by atoms with Crippen LogP contribution in [0.5, 0.6) is 11.5 Å². The lowest BCUT2D eigenvalue weighted by Gasteiger charge is -2.32. The van der Waals surface area contributed by atoms with E-state index in [2.05, 4.69) is 48.8 Å². The second-order valence-corrected chi connectivity index (χ2v) is 12.3. The molecule has 1 fully saturated rings. The van der Waals surface area contributed by atoms with Crippen LogP contribution in [0.15, 0.2) is 48.7 Å². The summed E-state index contributed by atoms with van der Waals surface area (Å²) >= 11 is 0. The first-order valence-corrected chi connectivity index (χ1v) is 16.4. The Bertz CT molecular complexity index is 1440. The average Bonchev–Trinajstić information content (AvgIpc) is 3.49. The number of para-hydroxylation sites is 1. The van der Waals surface area contributed by atoms with Crippen molar-refractivity contribution in [2.75, 3.05) is 66.1 Å². The molecule has 2 aliphatic heterocycles. The molecule has 46 heavy (non-hydrogen) atoms. The lowest BCUT2D eigenvalue weighted by molar-refractivity contribution is -0.122.